The average Bonchev–Trinajstić information content (AvgIpc) is 3.02. The number of hydrogen-bond donors (Lipinski definition) is 2. The fraction of sp³-hybridized carbons (Fsp3) is 0.458. The molecule has 0 aliphatic heterocycles. The van der Waals surface area contributed by atoms with Crippen molar-refractivity contribution in [1.82, 2.24) is 5.32 Å². The first-order valence-corrected chi connectivity index (χ1v) is 10.3. The van der Waals surface area contributed by atoms with Crippen LogP contribution >= 0.6 is 0 Å². The highest BCUT2D eigenvalue weighted by Gasteiger charge is 2.36. The van der Waals surface area contributed by atoms with Gasteiger partial charge in [-0.05, 0) is 53.9 Å². The molecule has 0 spiro atoms. The Kier molecular flexibility index (Phi) is 5.15. The third-order valence-corrected chi connectivity index (χ3v) is 6.59. The SMILES string of the molecule is CC(C)C1(O)CCC(NC(=O)OCC2c3ccccc3-c3ccccc32)CC1. The molecule has 2 aliphatic carbocycles. The number of benzene rings is 2. The van der Waals surface area contributed by atoms with Crippen molar-refractivity contribution in [2.45, 2.75) is 57.1 Å². The Bertz CT molecular complexity index is 807. The number of hydrogen-bond acceptors (Lipinski definition) is 3. The van der Waals surface area contributed by atoms with E-state index < -0.39 is 5.60 Å². The number of nitrogens with one attached hydrogen (secondary N) is 1. The molecular formula is C24H29NO3. The summed E-state index contributed by atoms with van der Waals surface area (Å²) < 4.78 is 5.63. The van der Waals surface area contributed by atoms with E-state index in [4.69, 9.17) is 4.74 Å². The standard InChI is InChI=1S/C24H29NO3/c1-16(2)24(27)13-11-17(12-14-24)25-23(26)28-15-22-20-9-5-3-7-18(20)19-8-4-6-10-21(19)22/h3-10,16-17,22,27H,11-15H2,1-2H3,(H,25,26). The maximum absolute atomic E-state index is 12.4. The molecule has 4 nitrogen and oxygen atoms in total. The molecule has 1 amide bonds. The highest BCUT2D eigenvalue weighted by atomic mass is 16.5. The number of ether oxygens (including phenoxy) is 1. The lowest BCUT2D eigenvalue weighted by molar-refractivity contribution is -0.0427. The molecule has 2 N–H and O–H groups in total. The van der Waals surface area contributed by atoms with Gasteiger partial charge in [-0.15, -0.1) is 0 Å². The molecule has 0 aromatic heterocycles. The Morgan fingerprint density at radius 2 is 1.61 bits per heavy atom. The van der Waals surface area contributed by atoms with Crippen LogP contribution in [0.5, 0.6) is 0 Å². The quantitative estimate of drug-likeness (QED) is 0.798. The van der Waals surface area contributed by atoms with Crippen LogP contribution in [0.4, 0.5) is 4.79 Å². The molecule has 1 fully saturated rings. The van der Waals surface area contributed by atoms with Crippen LogP contribution in [0.25, 0.3) is 11.1 Å². The molecule has 4 heteroatoms. The fourth-order valence-corrected chi connectivity index (χ4v) is 4.65. The van der Waals surface area contributed by atoms with Crippen molar-refractivity contribution < 1.29 is 14.6 Å². The number of amides is 1. The first-order valence-electron chi connectivity index (χ1n) is 10.3. The van der Waals surface area contributed by atoms with Crippen LogP contribution in [0.3, 0.4) is 0 Å². The predicted molar refractivity (Wildman–Crippen MR) is 110 cm³/mol. The topological polar surface area (TPSA) is 58.6 Å². The monoisotopic (exact) mass is 379 g/mol. The molecule has 4 rings (SSSR count). The first kappa shape index (κ1) is 19.0. The van der Waals surface area contributed by atoms with Crippen LogP contribution in [0, 0.1) is 5.92 Å². The minimum Gasteiger partial charge on any atom is -0.449 e. The second-order valence-electron chi connectivity index (χ2n) is 8.50. The van der Waals surface area contributed by atoms with E-state index in [2.05, 4.69) is 43.4 Å². The van der Waals surface area contributed by atoms with Crippen LogP contribution in [-0.4, -0.2) is 29.4 Å². The lowest BCUT2D eigenvalue weighted by atomic mass is 9.75. The molecule has 28 heavy (non-hydrogen) atoms. The summed E-state index contributed by atoms with van der Waals surface area (Å²) in [6, 6.07) is 16.8. The van der Waals surface area contributed by atoms with Crippen molar-refractivity contribution >= 4 is 6.09 Å². The van der Waals surface area contributed by atoms with Crippen molar-refractivity contribution in [3.8, 4) is 11.1 Å². The van der Waals surface area contributed by atoms with Crippen molar-refractivity contribution in [1.29, 1.82) is 0 Å². The van der Waals surface area contributed by atoms with Crippen molar-refractivity contribution in [3.63, 3.8) is 0 Å². The number of aliphatic hydroxyl groups is 1. The van der Waals surface area contributed by atoms with Gasteiger partial charge in [0.15, 0.2) is 0 Å². The van der Waals surface area contributed by atoms with Gasteiger partial charge in [-0.3, -0.25) is 0 Å². The minimum absolute atomic E-state index is 0.0784. The van der Waals surface area contributed by atoms with Gasteiger partial charge in [-0.1, -0.05) is 62.4 Å². The number of alkyl carbamates (subject to hydrolysis) is 1. The average molecular weight is 380 g/mol. The van der Waals surface area contributed by atoms with Crippen molar-refractivity contribution in [2.24, 2.45) is 5.92 Å². The maximum atomic E-state index is 12.4. The van der Waals surface area contributed by atoms with E-state index in [-0.39, 0.29) is 24.0 Å². The smallest absolute Gasteiger partial charge is 0.407 e. The Hall–Kier alpha value is -2.33. The Morgan fingerprint density at radius 1 is 1.07 bits per heavy atom. The third kappa shape index (κ3) is 3.53. The summed E-state index contributed by atoms with van der Waals surface area (Å²) >= 11 is 0. The second kappa shape index (κ2) is 7.59. The van der Waals surface area contributed by atoms with Crippen LogP contribution in [-0.2, 0) is 4.74 Å². The van der Waals surface area contributed by atoms with E-state index in [0.29, 0.717) is 6.61 Å². The molecule has 1 saturated carbocycles. The molecule has 148 valence electrons. The lowest BCUT2D eigenvalue weighted by Crippen LogP contribution is -2.46. The molecule has 0 saturated heterocycles. The summed E-state index contributed by atoms with van der Waals surface area (Å²) in [7, 11) is 0. The molecule has 2 aromatic rings. The number of carbonyl (C=O) groups is 1. The molecule has 0 bridgehead atoms. The Balaban J connectivity index is 1.36. The van der Waals surface area contributed by atoms with E-state index in [1.165, 1.54) is 22.3 Å². The second-order valence-corrected chi connectivity index (χ2v) is 8.50. The fourth-order valence-electron chi connectivity index (χ4n) is 4.65. The van der Waals surface area contributed by atoms with Gasteiger partial charge in [0.1, 0.15) is 6.61 Å². The summed E-state index contributed by atoms with van der Waals surface area (Å²) in [5.41, 5.74) is 4.30. The van der Waals surface area contributed by atoms with Crippen molar-refractivity contribution in [2.75, 3.05) is 6.61 Å². The van der Waals surface area contributed by atoms with E-state index in [9.17, 15) is 9.90 Å². The highest BCUT2D eigenvalue weighted by Crippen LogP contribution is 2.44. The Labute approximate surface area is 166 Å². The Morgan fingerprint density at radius 3 is 2.14 bits per heavy atom. The molecule has 2 aliphatic rings. The summed E-state index contributed by atoms with van der Waals surface area (Å²) in [5, 5.41) is 13.6. The summed E-state index contributed by atoms with van der Waals surface area (Å²) in [6.07, 6.45) is 2.66. The predicted octanol–water partition coefficient (Wildman–Crippen LogP) is 4.85. The molecule has 0 heterocycles. The lowest BCUT2D eigenvalue weighted by Gasteiger charge is -2.39. The van der Waals surface area contributed by atoms with Gasteiger partial charge in [-0.2, -0.15) is 0 Å². The van der Waals surface area contributed by atoms with E-state index in [1.807, 2.05) is 24.3 Å². The number of rotatable bonds is 4. The molecule has 2 aromatic carbocycles. The van der Waals surface area contributed by atoms with Crippen LogP contribution in [0.15, 0.2) is 48.5 Å². The summed E-state index contributed by atoms with van der Waals surface area (Å²) in [4.78, 5) is 12.4. The van der Waals surface area contributed by atoms with E-state index in [0.717, 1.165) is 25.7 Å². The zero-order valence-corrected chi connectivity index (χ0v) is 16.7. The highest BCUT2D eigenvalue weighted by molar-refractivity contribution is 5.79. The largest absolute Gasteiger partial charge is 0.449 e. The maximum Gasteiger partial charge on any atom is 0.407 e. The normalized spacial score (nSPS) is 23.9. The van der Waals surface area contributed by atoms with Gasteiger partial charge < -0.3 is 15.2 Å². The minimum atomic E-state index is -0.598. The third-order valence-electron chi connectivity index (χ3n) is 6.59. The van der Waals surface area contributed by atoms with Gasteiger partial charge in [0.2, 0.25) is 0 Å². The van der Waals surface area contributed by atoms with Gasteiger partial charge in [0, 0.05) is 12.0 Å². The van der Waals surface area contributed by atoms with Crippen LogP contribution in [0.2, 0.25) is 0 Å². The van der Waals surface area contributed by atoms with Crippen LogP contribution in [0.1, 0.15) is 56.6 Å². The summed E-state index contributed by atoms with van der Waals surface area (Å²) in [6.45, 7) is 4.45. The van der Waals surface area contributed by atoms with Crippen LogP contribution < -0.4 is 5.32 Å². The molecular weight excluding hydrogens is 350 g/mol. The zero-order valence-electron chi connectivity index (χ0n) is 16.7. The van der Waals surface area contributed by atoms with E-state index >= 15 is 0 Å². The summed E-state index contributed by atoms with van der Waals surface area (Å²) in [5.74, 6) is 0.318. The number of fused-ring (bicyclic) bond motifs is 3. The van der Waals surface area contributed by atoms with Gasteiger partial charge in [-0.25, -0.2) is 4.79 Å². The zero-order chi connectivity index (χ0) is 19.7. The van der Waals surface area contributed by atoms with Gasteiger partial charge in [0.25, 0.3) is 0 Å². The number of carbonyl (C=O) groups excluding carboxylic acids is 1. The van der Waals surface area contributed by atoms with Crippen molar-refractivity contribution in [3.05, 3.63) is 59.7 Å². The van der Waals surface area contributed by atoms with Gasteiger partial charge in [0.05, 0.1) is 5.60 Å². The van der Waals surface area contributed by atoms with Gasteiger partial charge >= 0.3 is 6.09 Å². The van der Waals surface area contributed by atoms with E-state index in [1.54, 1.807) is 0 Å². The molecule has 0 atom stereocenters. The molecule has 0 unspecified atom stereocenters. The first-order chi connectivity index (χ1) is 13.5. The molecule has 0 radical (unpaired) electrons.